The van der Waals surface area contributed by atoms with Gasteiger partial charge in [0, 0.05) is 29.2 Å². The highest BCUT2D eigenvalue weighted by Gasteiger charge is 2.12. The summed E-state index contributed by atoms with van der Waals surface area (Å²) < 4.78 is 0. The van der Waals surface area contributed by atoms with Crippen molar-refractivity contribution in [1.82, 2.24) is 10.6 Å². The fraction of sp³-hybridized carbons (Fsp3) is 0.417. The van der Waals surface area contributed by atoms with Gasteiger partial charge in [0.2, 0.25) is 0 Å². The highest BCUT2D eigenvalue weighted by Crippen LogP contribution is 2.27. The molecule has 0 saturated carbocycles. The van der Waals surface area contributed by atoms with Crippen LogP contribution in [0, 0.1) is 0 Å². The lowest BCUT2D eigenvalue weighted by Crippen LogP contribution is -2.36. The molecule has 0 aliphatic heterocycles. The summed E-state index contributed by atoms with van der Waals surface area (Å²) in [6.45, 7) is 3.17. The number of primary amides is 1. The summed E-state index contributed by atoms with van der Waals surface area (Å²) in [4.78, 5) is 10.5. The van der Waals surface area contributed by atoms with Crippen molar-refractivity contribution in [1.29, 1.82) is 0 Å². The number of carbonyl (C=O) groups excluding carboxylic acids is 1. The molecule has 0 aliphatic rings. The van der Waals surface area contributed by atoms with E-state index >= 15 is 0 Å². The van der Waals surface area contributed by atoms with Crippen LogP contribution in [0.25, 0.3) is 0 Å². The van der Waals surface area contributed by atoms with E-state index in [1.807, 2.05) is 12.1 Å². The molecule has 4 N–H and O–H groups in total. The molecule has 4 nitrogen and oxygen atoms in total. The van der Waals surface area contributed by atoms with Crippen LogP contribution < -0.4 is 16.4 Å². The average molecular weight is 290 g/mol. The summed E-state index contributed by atoms with van der Waals surface area (Å²) in [6.07, 6.45) is 0.887. The molecule has 0 saturated heterocycles. The van der Waals surface area contributed by atoms with Crippen LogP contribution in [-0.4, -0.2) is 19.1 Å². The van der Waals surface area contributed by atoms with Crippen molar-refractivity contribution >= 4 is 29.2 Å². The first kappa shape index (κ1) is 15.1. The molecule has 1 aromatic rings. The van der Waals surface area contributed by atoms with Gasteiger partial charge < -0.3 is 16.4 Å². The van der Waals surface area contributed by atoms with Gasteiger partial charge in [0.1, 0.15) is 0 Å². The lowest BCUT2D eigenvalue weighted by Gasteiger charge is -2.19. The van der Waals surface area contributed by atoms with E-state index in [9.17, 15) is 4.79 Å². The Morgan fingerprint density at radius 2 is 2.11 bits per heavy atom. The first-order chi connectivity index (χ1) is 8.54. The number of amides is 2. The molecule has 0 spiro atoms. The number of rotatable bonds is 6. The number of halogens is 2. The molecule has 2 amide bonds. The third-order valence-corrected chi connectivity index (χ3v) is 3.12. The lowest BCUT2D eigenvalue weighted by atomic mass is 10.0. The fourth-order valence-corrected chi connectivity index (χ4v) is 2.23. The minimum Gasteiger partial charge on any atom is -0.352 e. The number of urea groups is 1. The van der Waals surface area contributed by atoms with Crippen LogP contribution in [-0.2, 0) is 0 Å². The largest absolute Gasteiger partial charge is 0.352 e. The molecule has 0 radical (unpaired) electrons. The molecule has 1 unspecified atom stereocenters. The average Bonchev–Trinajstić information content (AvgIpc) is 2.30. The van der Waals surface area contributed by atoms with E-state index in [1.165, 1.54) is 0 Å². The maximum atomic E-state index is 10.5. The van der Waals surface area contributed by atoms with E-state index in [-0.39, 0.29) is 6.04 Å². The first-order valence-electron chi connectivity index (χ1n) is 5.76. The van der Waals surface area contributed by atoms with Gasteiger partial charge in [0.25, 0.3) is 0 Å². The molecule has 1 aromatic carbocycles. The predicted molar refractivity (Wildman–Crippen MR) is 75.1 cm³/mol. The Kier molecular flexibility index (Phi) is 6.25. The molecule has 0 aromatic heterocycles. The summed E-state index contributed by atoms with van der Waals surface area (Å²) in [5.74, 6) is 0. The summed E-state index contributed by atoms with van der Waals surface area (Å²) in [6, 6.07) is 5.06. The molecule has 0 aliphatic carbocycles. The molecule has 1 rings (SSSR count). The van der Waals surface area contributed by atoms with Crippen molar-refractivity contribution in [2.24, 2.45) is 5.73 Å². The van der Waals surface area contributed by atoms with Crippen LogP contribution in [0.3, 0.4) is 0 Å². The molecule has 100 valence electrons. The first-order valence-corrected chi connectivity index (χ1v) is 6.51. The van der Waals surface area contributed by atoms with E-state index in [0.717, 1.165) is 12.0 Å². The van der Waals surface area contributed by atoms with Crippen molar-refractivity contribution in [2.75, 3.05) is 13.1 Å². The zero-order chi connectivity index (χ0) is 13.5. The van der Waals surface area contributed by atoms with E-state index in [1.54, 1.807) is 6.07 Å². The van der Waals surface area contributed by atoms with Crippen LogP contribution in [0.4, 0.5) is 4.79 Å². The number of carbonyl (C=O) groups is 1. The van der Waals surface area contributed by atoms with Gasteiger partial charge in [-0.3, -0.25) is 0 Å². The topological polar surface area (TPSA) is 67.2 Å². The molecular formula is C12H17Cl2N3O. The molecule has 0 bridgehead atoms. The van der Waals surface area contributed by atoms with Crippen molar-refractivity contribution in [3.05, 3.63) is 33.8 Å². The minimum atomic E-state index is -0.519. The van der Waals surface area contributed by atoms with Crippen molar-refractivity contribution < 1.29 is 4.79 Å². The number of benzene rings is 1. The highest BCUT2D eigenvalue weighted by atomic mass is 35.5. The summed E-state index contributed by atoms with van der Waals surface area (Å²) in [7, 11) is 0. The van der Waals surface area contributed by atoms with Crippen LogP contribution in [0.5, 0.6) is 0 Å². The zero-order valence-electron chi connectivity index (χ0n) is 10.2. The van der Waals surface area contributed by atoms with E-state index in [4.69, 9.17) is 28.9 Å². The standard InChI is InChI=1S/C12H17Cl2N3O/c1-2-11(16-5-6-17-12(15)18)9-4-3-8(13)7-10(9)14/h3-4,7,11,16H,2,5-6H2,1H3,(H3,15,17,18). The van der Waals surface area contributed by atoms with Crippen LogP contribution >= 0.6 is 23.2 Å². The van der Waals surface area contributed by atoms with Gasteiger partial charge in [0.15, 0.2) is 0 Å². The Hall–Kier alpha value is -0.970. The fourth-order valence-electron chi connectivity index (χ4n) is 1.69. The van der Waals surface area contributed by atoms with Crippen LogP contribution in [0.15, 0.2) is 18.2 Å². The molecule has 18 heavy (non-hydrogen) atoms. The number of nitrogens with two attached hydrogens (primary N) is 1. The van der Waals surface area contributed by atoms with Crippen molar-refractivity contribution in [2.45, 2.75) is 19.4 Å². The SMILES string of the molecule is CCC(NCCNC(N)=O)c1ccc(Cl)cc1Cl. The van der Waals surface area contributed by atoms with Crippen molar-refractivity contribution in [3.8, 4) is 0 Å². The van der Waals surface area contributed by atoms with Gasteiger partial charge in [0.05, 0.1) is 0 Å². The second-order valence-electron chi connectivity index (χ2n) is 3.87. The van der Waals surface area contributed by atoms with E-state index in [0.29, 0.717) is 23.1 Å². The minimum absolute atomic E-state index is 0.129. The maximum absolute atomic E-state index is 10.5. The Labute approximate surface area is 117 Å². The number of hydrogen-bond acceptors (Lipinski definition) is 2. The molecule has 1 atom stereocenters. The Morgan fingerprint density at radius 3 is 2.67 bits per heavy atom. The van der Waals surface area contributed by atoms with Crippen LogP contribution in [0.1, 0.15) is 24.9 Å². The molecular weight excluding hydrogens is 273 g/mol. The summed E-state index contributed by atoms with van der Waals surface area (Å²) in [5.41, 5.74) is 5.98. The van der Waals surface area contributed by atoms with Gasteiger partial charge in [-0.05, 0) is 24.1 Å². The lowest BCUT2D eigenvalue weighted by molar-refractivity contribution is 0.249. The van der Waals surface area contributed by atoms with Gasteiger partial charge in [-0.2, -0.15) is 0 Å². The Bertz CT molecular complexity index is 412. The third kappa shape index (κ3) is 4.72. The highest BCUT2D eigenvalue weighted by molar-refractivity contribution is 6.35. The number of hydrogen-bond donors (Lipinski definition) is 3. The van der Waals surface area contributed by atoms with Crippen LogP contribution in [0.2, 0.25) is 10.0 Å². The van der Waals surface area contributed by atoms with Gasteiger partial charge in [-0.15, -0.1) is 0 Å². The zero-order valence-corrected chi connectivity index (χ0v) is 11.7. The molecule has 0 fully saturated rings. The smallest absolute Gasteiger partial charge is 0.312 e. The van der Waals surface area contributed by atoms with E-state index < -0.39 is 6.03 Å². The van der Waals surface area contributed by atoms with Crippen molar-refractivity contribution in [3.63, 3.8) is 0 Å². The second kappa shape index (κ2) is 7.46. The van der Waals surface area contributed by atoms with Gasteiger partial charge in [-0.1, -0.05) is 36.2 Å². The van der Waals surface area contributed by atoms with Gasteiger partial charge >= 0.3 is 6.03 Å². The van der Waals surface area contributed by atoms with E-state index in [2.05, 4.69) is 17.6 Å². The normalized spacial score (nSPS) is 12.2. The quantitative estimate of drug-likeness (QED) is 0.705. The summed E-state index contributed by atoms with van der Waals surface area (Å²) >= 11 is 12.0. The summed E-state index contributed by atoms with van der Waals surface area (Å²) in [5, 5.41) is 7.09. The number of nitrogens with one attached hydrogen (secondary N) is 2. The van der Waals surface area contributed by atoms with Gasteiger partial charge in [-0.25, -0.2) is 4.79 Å². The molecule has 0 heterocycles. The maximum Gasteiger partial charge on any atom is 0.312 e. The molecule has 6 heteroatoms. The Balaban J connectivity index is 2.57. The second-order valence-corrected chi connectivity index (χ2v) is 4.72. The third-order valence-electron chi connectivity index (χ3n) is 2.56. The monoisotopic (exact) mass is 289 g/mol. The Morgan fingerprint density at radius 1 is 1.39 bits per heavy atom. The predicted octanol–water partition coefficient (Wildman–Crippen LogP) is 2.70.